The predicted octanol–water partition coefficient (Wildman–Crippen LogP) is 5.35. The zero-order valence-corrected chi connectivity index (χ0v) is 15.9. The lowest BCUT2D eigenvalue weighted by Gasteiger charge is -2.19. The normalized spacial score (nSPS) is 19.0. The molecule has 0 aliphatic carbocycles. The summed E-state index contributed by atoms with van der Waals surface area (Å²) in [6, 6.07) is 5.27. The second kappa shape index (κ2) is 8.08. The molecular formula is C18H22ClNO3S. The number of carbonyl (C=O) groups excluding carboxylic acids is 2. The number of rotatable bonds is 6. The van der Waals surface area contributed by atoms with Gasteiger partial charge < -0.3 is 4.74 Å². The number of hydrogen-bond acceptors (Lipinski definition) is 4. The number of thioether (sulfide) groups is 1. The number of halogens is 1. The maximum Gasteiger partial charge on any atom is 0.293 e. The van der Waals surface area contributed by atoms with Crippen molar-refractivity contribution in [3.63, 3.8) is 0 Å². The van der Waals surface area contributed by atoms with E-state index in [4.69, 9.17) is 16.3 Å². The van der Waals surface area contributed by atoms with Gasteiger partial charge in [-0.05, 0) is 62.2 Å². The van der Waals surface area contributed by atoms with Crippen LogP contribution in [0.15, 0.2) is 23.1 Å². The molecule has 130 valence electrons. The van der Waals surface area contributed by atoms with Crippen LogP contribution in [0.25, 0.3) is 6.08 Å². The third-order valence-corrected chi connectivity index (χ3v) is 5.19. The van der Waals surface area contributed by atoms with E-state index in [0.717, 1.165) is 30.2 Å². The Labute approximate surface area is 152 Å². The van der Waals surface area contributed by atoms with Crippen LogP contribution < -0.4 is 4.74 Å². The summed E-state index contributed by atoms with van der Waals surface area (Å²) in [5, 5.41) is 0.272. The van der Waals surface area contributed by atoms with Crippen molar-refractivity contribution in [2.45, 2.75) is 52.7 Å². The number of ether oxygens (including phenoxy) is 1. The van der Waals surface area contributed by atoms with Crippen molar-refractivity contribution in [2.24, 2.45) is 0 Å². The first-order chi connectivity index (χ1) is 11.4. The fourth-order valence-corrected chi connectivity index (χ4v) is 3.36. The lowest BCUT2D eigenvalue weighted by molar-refractivity contribution is -0.124. The summed E-state index contributed by atoms with van der Waals surface area (Å²) < 4.78 is 5.73. The lowest BCUT2D eigenvalue weighted by atomic mass is 10.2. The molecule has 0 bridgehead atoms. The zero-order chi connectivity index (χ0) is 17.9. The summed E-state index contributed by atoms with van der Waals surface area (Å²) >= 11 is 7.23. The Morgan fingerprint density at radius 2 is 1.96 bits per heavy atom. The number of carbonyl (C=O) groups is 2. The fourth-order valence-electron chi connectivity index (χ4n) is 2.20. The van der Waals surface area contributed by atoms with E-state index in [1.807, 2.05) is 33.8 Å². The summed E-state index contributed by atoms with van der Waals surface area (Å²) in [5.74, 6) is 0.381. The van der Waals surface area contributed by atoms with Crippen molar-refractivity contribution in [1.29, 1.82) is 0 Å². The molecule has 2 rings (SSSR count). The third-order valence-electron chi connectivity index (χ3n) is 4.01. The summed E-state index contributed by atoms with van der Waals surface area (Å²) in [7, 11) is 0. The quantitative estimate of drug-likeness (QED) is 0.635. The van der Waals surface area contributed by atoms with Gasteiger partial charge in [0.25, 0.3) is 11.1 Å². The van der Waals surface area contributed by atoms with Crippen molar-refractivity contribution in [3.05, 3.63) is 33.7 Å². The van der Waals surface area contributed by atoms with Crippen molar-refractivity contribution >= 4 is 40.6 Å². The molecule has 0 unspecified atom stereocenters. The summed E-state index contributed by atoms with van der Waals surface area (Å²) in [5.41, 5.74) is 0.770. The van der Waals surface area contributed by atoms with Gasteiger partial charge in [0.05, 0.1) is 16.0 Å². The van der Waals surface area contributed by atoms with Crippen molar-refractivity contribution in [3.8, 4) is 5.75 Å². The van der Waals surface area contributed by atoms with E-state index in [1.54, 1.807) is 18.2 Å². The van der Waals surface area contributed by atoms with E-state index in [0.29, 0.717) is 15.7 Å². The molecule has 1 aliphatic heterocycles. The number of imide groups is 1. The Morgan fingerprint density at radius 3 is 2.54 bits per heavy atom. The topological polar surface area (TPSA) is 46.6 Å². The highest BCUT2D eigenvalue weighted by Crippen LogP contribution is 2.35. The van der Waals surface area contributed by atoms with E-state index in [9.17, 15) is 9.59 Å². The highest BCUT2D eigenvalue weighted by Gasteiger charge is 2.37. The highest BCUT2D eigenvalue weighted by atomic mass is 35.5. The molecule has 1 fully saturated rings. The molecule has 1 saturated heterocycles. The van der Waals surface area contributed by atoms with Crippen LogP contribution in [0.2, 0.25) is 5.02 Å². The molecule has 24 heavy (non-hydrogen) atoms. The minimum absolute atomic E-state index is 0.0837. The molecule has 0 aromatic heterocycles. The average Bonchev–Trinajstić information content (AvgIpc) is 2.83. The van der Waals surface area contributed by atoms with Gasteiger partial charge >= 0.3 is 0 Å². The van der Waals surface area contributed by atoms with E-state index < -0.39 is 0 Å². The molecule has 1 aromatic rings. The van der Waals surface area contributed by atoms with Crippen molar-refractivity contribution in [1.82, 2.24) is 4.90 Å². The van der Waals surface area contributed by atoms with Gasteiger partial charge in [0, 0.05) is 6.04 Å². The summed E-state index contributed by atoms with van der Waals surface area (Å²) in [6.45, 7) is 7.85. The van der Waals surface area contributed by atoms with E-state index in [-0.39, 0.29) is 23.3 Å². The van der Waals surface area contributed by atoms with Crippen LogP contribution in [0.4, 0.5) is 4.79 Å². The first kappa shape index (κ1) is 18.9. The fraction of sp³-hybridized carbons (Fsp3) is 0.444. The zero-order valence-electron chi connectivity index (χ0n) is 14.3. The number of hydrogen-bond donors (Lipinski definition) is 0. The average molecular weight is 368 g/mol. The largest absolute Gasteiger partial charge is 0.489 e. The number of amides is 2. The van der Waals surface area contributed by atoms with Crippen LogP contribution in [-0.2, 0) is 4.79 Å². The van der Waals surface area contributed by atoms with Crippen LogP contribution >= 0.6 is 23.4 Å². The SMILES string of the molecule is CC[C@@H](C)Oc1ccc(/C=C2/SC(=O)N([C@@H](C)CC)C2=O)cc1Cl. The predicted molar refractivity (Wildman–Crippen MR) is 99.4 cm³/mol. The first-order valence-electron chi connectivity index (χ1n) is 8.10. The molecular weight excluding hydrogens is 346 g/mol. The molecule has 2 atom stereocenters. The van der Waals surface area contributed by atoms with Gasteiger partial charge in [0.15, 0.2) is 0 Å². The Bertz CT molecular complexity index is 674. The second-order valence-electron chi connectivity index (χ2n) is 5.84. The minimum Gasteiger partial charge on any atom is -0.489 e. The first-order valence-corrected chi connectivity index (χ1v) is 9.30. The van der Waals surface area contributed by atoms with Crippen LogP contribution in [0.5, 0.6) is 5.75 Å². The molecule has 0 radical (unpaired) electrons. The Balaban J connectivity index is 2.21. The van der Waals surface area contributed by atoms with Crippen LogP contribution in [0.3, 0.4) is 0 Å². The van der Waals surface area contributed by atoms with Crippen LogP contribution in [0, 0.1) is 0 Å². The molecule has 1 aliphatic rings. The molecule has 1 aromatic carbocycles. The lowest BCUT2D eigenvalue weighted by Crippen LogP contribution is -2.36. The monoisotopic (exact) mass is 367 g/mol. The maximum absolute atomic E-state index is 12.4. The van der Waals surface area contributed by atoms with Crippen LogP contribution in [0.1, 0.15) is 46.1 Å². The summed E-state index contributed by atoms with van der Waals surface area (Å²) in [6.07, 6.45) is 3.41. The van der Waals surface area contributed by atoms with Crippen LogP contribution in [-0.4, -0.2) is 28.2 Å². The molecule has 0 saturated carbocycles. The molecule has 2 amide bonds. The van der Waals surface area contributed by atoms with Gasteiger partial charge in [0.1, 0.15) is 5.75 Å². The van der Waals surface area contributed by atoms with Gasteiger partial charge in [-0.2, -0.15) is 0 Å². The maximum atomic E-state index is 12.4. The Hall–Kier alpha value is -1.46. The molecule has 6 heteroatoms. The van der Waals surface area contributed by atoms with E-state index in [1.165, 1.54) is 4.90 Å². The van der Waals surface area contributed by atoms with Gasteiger partial charge in [-0.25, -0.2) is 0 Å². The molecule has 0 spiro atoms. The summed E-state index contributed by atoms with van der Waals surface area (Å²) in [4.78, 5) is 26.2. The Kier molecular flexibility index (Phi) is 6.35. The number of benzene rings is 1. The Morgan fingerprint density at radius 1 is 1.25 bits per heavy atom. The van der Waals surface area contributed by atoms with Gasteiger partial charge in [0.2, 0.25) is 0 Å². The van der Waals surface area contributed by atoms with Gasteiger partial charge in [-0.3, -0.25) is 14.5 Å². The van der Waals surface area contributed by atoms with Gasteiger partial charge in [-0.15, -0.1) is 0 Å². The highest BCUT2D eigenvalue weighted by molar-refractivity contribution is 8.18. The molecule has 4 nitrogen and oxygen atoms in total. The third kappa shape index (κ3) is 4.14. The minimum atomic E-state index is -0.240. The molecule has 0 N–H and O–H groups in total. The van der Waals surface area contributed by atoms with Crippen molar-refractivity contribution in [2.75, 3.05) is 0 Å². The van der Waals surface area contributed by atoms with Gasteiger partial charge in [-0.1, -0.05) is 31.5 Å². The second-order valence-corrected chi connectivity index (χ2v) is 7.24. The smallest absolute Gasteiger partial charge is 0.293 e. The van der Waals surface area contributed by atoms with E-state index in [2.05, 4.69) is 0 Å². The number of nitrogens with zero attached hydrogens (tertiary/aromatic N) is 1. The standard InChI is InChI=1S/C18H22ClNO3S/c1-5-11(3)20-17(21)16(24-18(20)22)10-13-7-8-15(14(19)9-13)23-12(4)6-2/h7-12H,5-6H2,1-4H3/b16-10+/t11-,12+/m0/s1. The van der Waals surface area contributed by atoms with Crippen molar-refractivity contribution < 1.29 is 14.3 Å². The molecule has 1 heterocycles. The van der Waals surface area contributed by atoms with E-state index >= 15 is 0 Å².